The van der Waals surface area contributed by atoms with Crippen LogP contribution in [0.2, 0.25) is 0 Å². The van der Waals surface area contributed by atoms with Crippen molar-refractivity contribution in [2.24, 2.45) is 11.7 Å². The molecule has 1 atom stereocenters. The summed E-state index contributed by atoms with van der Waals surface area (Å²) in [5.74, 6) is 0.739. The smallest absolute Gasteiger partial charge is 0.00217 e. The maximum Gasteiger partial charge on any atom is 0.00217 e. The molecule has 1 saturated heterocycles. The molecule has 1 aliphatic heterocycles. The molecule has 2 N–H and O–H groups in total. The molecule has 13 heavy (non-hydrogen) atoms. The van der Waals surface area contributed by atoms with Gasteiger partial charge in [-0.05, 0) is 44.8 Å². The zero-order valence-corrected chi connectivity index (χ0v) is 8.97. The van der Waals surface area contributed by atoms with Gasteiger partial charge in [-0.1, -0.05) is 19.8 Å². The Labute approximate surface area is 82.5 Å². The highest BCUT2D eigenvalue weighted by Crippen LogP contribution is 2.13. The van der Waals surface area contributed by atoms with Crippen molar-refractivity contribution in [1.29, 1.82) is 0 Å². The first-order valence-corrected chi connectivity index (χ1v) is 5.79. The number of hydrogen-bond donors (Lipinski definition) is 1. The minimum absolute atomic E-state index is 0.739. The summed E-state index contributed by atoms with van der Waals surface area (Å²) < 4.78 is 0. The van der Waals surface area contributed by atoms with E-state index in [1.807, 2.05) is 0 Å². The number of nitrogens with two attached hydrogens (primary N) is 1. The highest BCUT2D eigenvalue weighted by molar-refractivity contribution is 4.70. The zero-order chi connectivity index (χ0) is 9.52. The van der Waals surface area contributed by atoms with Crippen LogP contribution in [0.25, 0.3) is 0 Å². The largest absolute Gasteiger partial charge is 0.330 e. The standard InChI is InChI=1S/C11H24N2/c1-2-6-11(9-12)10-13-7-4-3-5-8-13/h11H,2-10,12H2,1H3. The van der Waals surface area contributed by atoms with Crippen LogP contribution in [0, 0.1) is 5.92 Å². The third-order valence-corrected chi connectivity index (χ3v) is 3.00. The maximum atomic E-state index is 5.75. The van der Waals surface area contributed by atoms with Crippen molar-refractivity contribution in [1.82, 2.24) is 4.90 Å². The second-order valence-corrected chi connectivity index (χ2v) is 4.25. The Bertz CT molecular complexity index is 117. The summed E-state index contributed by atoms with van der Waals surface area (Å²) in [5, 5.41) is 0. The monoisotopic (exact) mass is 184 g/mol. The number of rotatable bonds is 5. The summed E-state index contributed by atoms with van der Waals surface area (Å²) in [6.45, 7) is 6.97. The molecule has 78 valence electrons. The van der Waals surface area contributed by atoms with Crippen LogP contribution >= 0.6 is 0 Å². The van der Waals surface area contributed by atoms with Crippen molar-refractivity contribution < 1.29 is 0 Å². The topological polar surface area (TPSA) is 29.3 Å². The van der Waals surface area contributed by atoms with Crippen LogP contribution in [0.1, 0.15) is 39.0 Å². The average molecular weight is 184 g/mol. The lowest BCUT2D eigenvalue weighted by Crippen LogP contribution is -2.36. The lowest BCUT2D eigenvalue weighted by Gasteiger charge is -2.29. The molecule has 2 heteroatoms. The molecule has 0 saturated carbocycles. The number of piperidine rings is 1. The van der Waals surface area contributed by atoms with Crippen LogP contribution in [0.15, 0.2) is 0 Å². The lowest BCUT2D eigenvalue weighted by atomic mass is 10.0. The lowest BCUT2D eigenvalue weighted by molar-refractivity contribution is 0.192. The summed E-state index contributed by atoms with van der Waals surface area (Å²) in [4.78, 5) is 2.59. The molecular formula is C11H24N2. The molecule has 0 aliphatic carbocycles. The Hall–Kier alpha value is -0.0800. The molecule has 0 bridgehead atoms. The van der Waals surface area contributed by atoms with Gasteiger partial charge in [0.1, 0.15) is 0 Å². The maximum absolute atomic E-state index is 5.75. The molecule has 0 aromatic rings. The molecule has 0 amide bonds. The fourth-order valence-electron chi connectivity index (χ4n) is 2.20. The van der Waals surface area contributed by atoms with Gasteiger partial charge in [-0.2, -0.15) is 0 Å². The molecule has 0 spiro atoms. The Morgan fingerprint density at radius 2 is 1.92 bits per heavy atom. The SMILES string of the molecule is CCCC(CN)CN1CCCCC1. The van der Waals surface area contributed by atoms with E-state index in [1.165, 1.54) is 51.7 Å². The summed E-state index contributed by atoms with van der Waals surface area (Å²) in [7, 11) is 0. The van der Waals surface area contributed by atoms with Gasteiger partial charge in [-0.3, -0.25) is 0 Å². The van der Waals surface area contributed by atoms with Crippen molar-refractivity contribution in [2.45, 2.75) is 39.0 Å². The normalized spacial score (nSPS) is 21.7. The van der Waals surface area contributed by atoms with E-state index in [1.54, 1.807) is 0 Å². The fraction of sp³-hybridized carbons (Fsp3) is 1.00. The first kappa shape index (κ1) is 11.0. The number of nitrogens with zero attached hydrogens (tertiary/aromatic N) is 1. The van der Waals surface area contributed by atoms with Crippen molar-refractivity contribution >= 4 is 0 Å². The number of hydrogen-bond acceptors (Lipinski definition) is 2. The number of likely N-dealkylation sites (tertiary alicyclic amines) is 1. The van der Waals surface area contributed by atoms with Gasteiger partial charge in [0.05, 0.1) is 0 Å². The van der Waals surface area contributed by atoms with Crippen LogP contribution in [0.3, 0.4) is 0 Å². The van der Waals surface area contributed by atoms with Gasteiger partial charge in [0.15, 0.2) is 0 Å². The van der Waals surface area contributed by atoms with Crippen LogP contribution in [0.5, 0.6) is 0 Å². The quantitative estimate of drug-likeness (QED) is 0.706. The van der Waals surface area contributed by atoms with Gasteiger partial charge >= 0.3 is 0 Å². The molecule has 1 aliphatic rings. The molecule has 1 fully saturated rings. The van der Waals surface area contributed by atoms with Gasteiger partial charge < -0.3 is 10.6 Å². The Balaban J connectivity index is 2.18. The molecular weight excluding hydrogens is 160 g/mol. The van der Waals surface area contributed by atoms with E-state index in [0.717, 1.165) is 12.5 Å². The van der Waals surface area contributed by atoms with E-state index >= 15 is 0 Å². The predicted octanol–water partition coefficient (Wildman–Crippen LogP) is 1.85. The second-order valence-electron chi connectivity index (χ2n) is 4.25. The van der Waals surface area contributed by atoms with E-state index in [9.17, 15) is 0 Å². The first-order valence-electron chi connectivity index (χ1n) is 5.79. The molecule has 0 aromatic carbocycles. The molecule has 0 aromatic heterocycles. The molecule has 2 nitrogen and oxygen atoms in total. The minimum atomic E-state index is 0.739. The Morgan fingerprint density at radius 1 is 1.23 bits per heavy atom. The third kappa shape index (κ3) is 4.10. The van der Waals surface area contributed by atoms with Gasteiger partial charge in [-0.15, -0.1) is 0 Å². The van der Waals surface area contributed by atoms with E-state index in [-0.39, 0.29) is 0 Å². The Kier molecular flexibility index (Phi) is 5.40. The molecule has 1 heterocycles. The summed E-state index contributed by atoms with van der Waals surface area (Å²) >= 11 is 0. The van der Waals surface area contributed by atoms with Gasteiger partial charge in [-0.25, -0.2) is 0 Å². The predicted molar refractivity (Wildman–Crippen MR) is 57.7 cm³/mol. The molecule has 1 unspecified atom stereocenters. The highest BCUT2D eigenvalue weighted by atomic mass is 15.1. The van der Waals surface area contributed by atoms with Crippen molar-refractivity contribution in [3.8, 4) is 0 Å². The van der Waals surface area contributed by atoms with E-state index in [4.69, 9.17) is 5.73 Å². The minimum Gasteiger partial charge on any atom is -0.330 e. The molecule has 1 rings (SSSR count). The van der Waals surface area contributed by atoms with E-state index in [0.29, 0.717) is 0 Å². The zero-order valence-electron chi connectivity index (χ0n) is 8.97. The van der Waals surface area contributed by atoms with Crippen LogP contribution < -0.4 is 5.73 Å². The summed E-state index contributed by atoms with van der Waals surface area (Å²) in [6.07, 6.45) is 6.78. The van der Waals surface area contributed by atoms with Crippen LogP contribution in [-0.2, 0) is 0 Å². The van der Waals surface area contributed by atoms with Gasteiger partial charge in [0.2, 0.25) is 0 Å². The van der Waals surface area contributed by atoms with Gasteiger partial charge in [0, 0.05) is 6.54 Å². The van der Waals surface area contributed by atoms with Crippen molar-refractivity contribution in [2.75, 3.05) is 26.2 Å². The van der Waals surface area contributed by atoms with Crippen LogP contribution in [-0.4, -0.2) is 31.1 Å². The van der Waals surface area contributed by atoms with Gasteiger partial charge in [0.25, 0.3) is 0 Å². The average Bonchev–Trinajstić information content (AvgIpc) is 2.19. The van der Waals surface area contributed by atoms with E-state index < -0.39 is 0 Å². The summed E-state index contributed by atoms with van der Waals surface area (Å²) in [5.41, 5.74) is 5.75. The van der Waals surface area contributed by atoms with Crippen molar-refractivity contribution in [3.05, 3.63) is 0 Å². The molecule has 0 radical (unpaired) electrons. The summed E-state index contributed by atoms with van der Waals surface area (Å²) in [6, 6.07) is 0. The third-order valence-electron chi connectivity index (χ3n) is 3.00. The fourth-order valence-corrected chi connectivity index (χ4v) is 2.20. The first-order chi connectivity index (χ1) is 6.36. The second kappa shape index (κ2) is 6.39. The highest BCUT2D eigenvalue weighted by Gasteiger charge is 2.14. The van der Waals surface area contributed by atoms with Crippen molar-refractivity contribution in [3.63, 3.8) is 0 Å². The Morgan fingerprint density at radius 3 is 2.46 bits per heavy atom. The van der Waals surface area contributed by atoms with E-state index in [2.05, 4.69) is 11.8 Å². The van der Waals surface area contributed by atoms with Crippen LogP contribution in [0.4, 0.5) is 0 Å².